The van der Waals surface area contributed by atoms with E-state index in [0.29, 0.717) is 6.61 Å². The summed E-state index contributed by atoms with van der Waals surface area (Å²) in [5, 5.41) is 10.1. The van der Waals surface area contributed by atoms with Gasteiger partial charge in [0.05, 0.1) is 22.9 Å². The quantitative estimate of drug-likeness (QED) is 0.521. The van der Waals surface area contributed by atoms with Crippen molar-refractivity contribution < 1.29 is 14.6 Å². The van der Waals surface area contributed by atoms with E-state index in [1.54, 1.807) is 18.3 Å². The molecule has 0 saturated heterocycles. The summed E-state index contributed by atoms with van der Waals surface area (Å²) in [4.78, 5) is 16.8. The molecule has 1 N–H and O–H groups in total. The minimum atomic E-state index is -0.858. The lowest BCUT2D eigenvalue weighted by Gasteiger charge is -2.10. The molecule has 2 aromatic carbocycles. The smallest absolute Gasteiger partial charge is 0.304 e. The van der Waals surface area contributed by atoms with Gasteiger partial charge in [-0.15, -0.1) is 17.3 Å². The highest BCUT2D eigenvalue weighted by molar-refractivity contribution is 7.15. The van der Waals surface area contributed by atoms with E-state index in [1.165, 1.54) is 5.56 Å². The molecule has 0 spiro atoms. The Morgan fingerprint density at radius 3 is 2.45 bits per heavy atom. The Balaban J connectivity index is 1.67. The molecule has 1 unspecified atom stereocenters. The molecule has 148 valence electrons. The zero-order valence-corrected chi connectivity index (χ0v) is 17.5. The van der Waals surface area contributed by atoms with E-state index >= 15 is 0 Å². The van der Waals surface area contributed by atoms with Crippen molar-refractivity contribution in [2.24, 2.45) is 0 Å². The number of nitrogens with zero attached hydrogens (tertiary/aromatic N) is 1. The number of hydrogen-bond acceptors (Lipinski definition) is 4. The normalized spacial score (nSPS) is 11.4. The van der Waals surface area contributed by atoms with Gasteiger partial charge in [-0.25, -0.2) is 4.98 Å². The third-order valence-electron chi connectivity index (χ3n) is 4.54. The lowest BCUT2D eigenvalue weighted by atomic mass is 9.96. The molecule has 0 fully saturated rings. The van der Waals surface area contributed by atoms with Crippen molar-refractivity contribution in [1.82, 2.24) is 4.98 Å². The number of carboxylic acid groups (broad SMARTS) is 1. The van der Waals surface area contributed by atoms with Gasteiger partial charge in [0.1, 0.15) is 17.4 Å². The molecule has 0 saturated carbocycles. The van der Waals surface area contributed by atoms with Crippen molar-refractivity contribution >= 4 is 17.3 Å². The zero-order valence-electron chi connectivity index (χ0n) is 16.7. The molecule has 3 rings (SSSR count). The summed E-state index contributed by atoms with van der Waals surface area (Å²) >= 11 is 1.64. The van der Waals surface area contributed by atoms with Gasteiger partial charge < -0.3 is 9.84 Å². The Kier molecular flexibility index (Phi) is 6.69. The summed E-state index contributed by atoms with van der Waals surface area (Å²) in [6, 6.07) is 15.8. The van der Waals surface area contributed by atoms with Crippen LogP contribution in [0.4, 0.5) is 0 Å². The van der Waals surface area contributed by atoms with Gasteiger partial charge >= 0.3 is 5.97 Å². The second-order valence-electron chi connectivity index (χ2n) is 6.80. The van der Waals surface area contributed by atoms with Gasteiger partial charge in [-0.2, -0.15) is 0 Å². The second kappa shape index (κ2) is 9.40. The largest absolute Gasteiger partial charge is 0.488 e. The summed E-state index contributed by atoms with van der Waals surface area (Å²) in [7, 11) is 0. The minimum absolute atomic E-state index is 0.0110. The van der Waals surface area contributed by atoms with Gasteiger partial charge in [0.15, 0.2) is 0 Å². The molecule has 0 radical (unpaired) electrons. The maximum atomic E-state index is 11.0. The Labute approximate surface area is 175 Å². The maximum Gasteiger partial charge on any atom is 0.304 e. The van der Waals surface area contributed by atoms with Crippen LogP contribution in [0.5, 0.6) is 5.75 Å². The van der Waals surface area contributed by atoms with Gasteiger partial charge in [0.2, 0.25) is 0 Å². The summed E-state index contributed by atoms with van der Waals surface area (Å²) in [5.41, 5.74) is 4.19. The van der Waals surface area contributed by atoms with Crippen LogP contribution >= 0.6 is 11.3 Å². The molecule has 29 heavy (non-hydrogen) atoms. The molecule has 3 aromatic rings. The molecule has 4 nitrogen and oxygen atoms in total. The fourth-order valence-electron chi connectivity index (χ4n) is 2.93. The minimum Gasteiger partial charge on any atom is -0.488 e. The van der Waals surface area contributed by atoms with E-state index < -0.39 is 5.97 Å². The molecule has 0 aliphatic carbocycles. The highest BCUT2D eigenvalue weighted by Crippen LogP contribution is 2.29. The zero-order chi connectivity index (χ0) is 20.8. The van der Waals surface area contributed by atoms with Crippen LogP contribution in [-0.4, -0.2) is 16.1 Å². The van der Waals surface area contributed by atoms with E-state index in [4.69, 9.17) is 9.84 Å². The van der Waals surface area contributed by atoms with Crippen LogP contribution < -0.4 is 4.74 Å². The predicted octanol–water partition coefficient (Wildman–Crippen LogP) is 5.59. The van der Waals surface area contributed by atoms with E-state index in [2.05, 4.69) is 48.0 Å². The number of hydrogen-bond donors (Lipinski definition) is 1. The van der Waals surface area contributed by atoms with E-state index in [-0.39, 0.29) is 12.3 Å². The number of carboxylic acids is 1. The highest BCUT2D eigenvalue weighted by Gasteiger charge is 2.14. The maximum absolute atomic E-state index is 11.0. The van der Waals surface area contributed by atoms with E-state index in [0.717, 1.165) is 32.5 Å². The third-order valence-corrected chi connectivity index (χ3v) is 5.72. The first-order valence-electron chi connectivity index (χ1n) is 9.36. The van der Waals surface area contributed by atoms with Crippen LogP contribution in [0.2, 0.25) is 0 Å². The van der Waals surface area contributed by atoms with Crippen molar-refractivity contribution in [3.8, 4) is 28.2 Å². The number of aromatic nitrogens is 1. The molecular formula is C24H23NO3S. The Morgan fingerprint density at radius 1 is 1.14 bits per heavy atom. The van der Waals surface area contributed by atoms with Crippen LogP contribution in [-0.2, 0) is 11.4 Å². The summed E-state index contributed by atoms with van der Waals surface area (Å²) in [5.74, 6) is 5.33. The molecule has 5 heteroatoms. The van der Waals surface area contributed by atoms with Crippen LogP contribution in [0, 0.1) is 25.7 Å². The van der Waals surface area contributed by atoms with Crippen molar-refractivity contribution in [2.75, 3.05) is 0 Å². The van der Waals surface area contributed by atoms with E-state index in [9.17, 15) is 4.79 Å². The molecule has 1 atom stereocenters. The molecule has 1 heterocycles. The molecule has 0 aliphatic rings. The summed E-state index contributed by atoms with van der Waals surface area (Å²) in [6.07, 6.45) is -0.0110. The molecule has 0 amide bonds. The lowest BCUT2D eigenvalue weighted by Crippen LogP contribution is -2.04. The number of carbonyl (C=O) groups is 1. The van der Waals surface area contributed by atoms with Gasteiger partial charge in [-0.3, -0.25) is 4.79 Å². The van der Waals surface area contributed by atoms with Crippen LogP contribution in [0.3, 0.4) is 0 Å². The summed E-state index contributed by atoms with van der Waals surface area (Å²) < 4.78 is 5.94. The fraction of sp³-hybridized carbons (Fsp3) is 0.250. The van der Waals surface area contributed by atoms with Crippen LogP contribution in [0.15, 0.2) is 48.5 Å². The average Bonchev–Trinajstić information content (AvgIpc) is 3.07. The van der Waals surface area contributed by atoms with Gasteiger partial charge in [-0.05, 0) is 38.5 Å². The highest BCUT2D eigenvalue weighted by atomic mass is 32.1. The first-order valence-corrected chi connectivity index (χ1v) is 10.2. The van der Waals surface area contributed by atoms with Crippen molar-refractivity contribution in [3.63, 3.8) is 0 Å². The van der Waals surface area contributed by atoms with Gasteiger partial charge in [-0.1, -0.05) is 47.9 Å². The van der Waals surface area contributed by atoms with Gasteiger partial charge in [0, 0.05) is 5.56 Å². The van der Waals surface area contributed by atoms with Gasteiger partial charge in [0.25, 0.3) is 0 Å². The third kappa shape index (κ3) is 5.46. The first kappa shape index (κ1) is 20.6. The van der Waals surface area contributed by atoms with Crippen LogP contribution in [0.1, 0.15) is 41.0 Å². The summed E-state index contributed by atoms with van der Waals surface area (Å²) in [6.45, 7) is 6.23. The SMILES string of the molecule is CC#CC(CC(=O)O)c1ccc(OCc2sc(-c3ccc(C)cc3)nc2C)cc1. The Hall–Kier alpha value is -3.10. The number of aliphatic carboxylic acids is 1. The van der Waals surface area contributed by atoms with Crippen molar-refractivity contribution in [1.29, 1.82) is 0 Å². The Bertz CT molecular complexity index is 1040. The molecular weight excluding hydrogens is 382 g/mol. The van der Waals surface area contributed by atoms with Crippen molar-refractivity contribution in [3.05, 3.63) is 70.2 Å². The first-order chi connectivity index (χ1) is 14.0. The number of ether oxygens (including phenoxy) is 1. The Morgan fingerprint density at radius 2 is 1.83 bits per heavy atom. The molecule has 0 bridgehead atoms. The molecule has 1 aromatic heterocycles. The van der Waals surface area contributed by atoms with E-state index in [1.807, 2.05) is 31.2 Å². The second-order valence-corrected chi connectivity index (χ2v) is 7.88. The predicted molar refractivity (Wildman–Crippen MR) is 116 cm³/mol. The topological polar surface area (TPSA) is 59.4 Å². The lowest BCUT2D eigenvalue weighted by molar-refractivity contribution is -0.137. The monoisotopic (exact) mass is 405 g/mol. The number of aryl methyl sites for hydroxylation is 2. The number of thiazole rings is 1. The molecule has 0 aliphatic heterocycles. The van der Waals surface area contributed by atoms with Crippen molar-refractivity contribution in [2.45, 2.75) is 39.7 Å². The number of rotatable bonds is 7. The standard InChI is InChI=1S/C24H23NO3S/c1-4-5-20(14-23(26)27)18-10-12-21(13-11-18)28-15-22-17(3)25-24(29-22)19-8-6-16(2)7-9-19/h6-13,20H,14-15H2,1-3H3,(H,26,27). The number of benzene rings is 2. The fourth-order valence-corrected chi connectivity index (χ4v) is 3.91. The van der Waals surface area contributed by atoms with Crippen LogP contribution in [0.25, 0.3) is 10.6 Å². The average molecular weight is 406 g/mol.